The van der Waals surface area contributed by atoms with Gasteiger partial charge in [0, 0.05) is 12.0 Å². The van der Waals surface area contributed by atoms with Crippen LogP contribution in [-0.4, -0.2) is 33.9 Å². The molecule has 0 spiro atoms. The maximum Gasteiger partial charge on any atom is 0.348 e. The SMILES string of the molecule is CC(C)=CCCC(C)=CCCC1(C)Oc2c(c(O)cc(C(=O)Oc3ccccc3)c2C(=O)Oc2ccccc2)CC1O. The molecule has 7 nitrogen and oxygen atoms in total. The van der Waals surface area contributed by atoms with Crippen molar-refractivity contribution in [3.05, 3.63) is 107 Å². The Kier molecular flexibility index (Phi) is 9.86. The van der Waals surface area contributed by atoms with E-state index in [4.69, 9.17) is 14.2 Å². The third-order valence-corrected chi connectivity index (χ3v) is 7.35. The molecule has 0 saturated heterocycles. The highest BCUT2D eigenvalue weighted by Crippen LogP contribution is 2.44. The van der Waals surface area contributed by atoms with Crippen molar-refractivity contribution < 1.29 is 34.0 Å². The minimum absolute atomic E-state index is 0.00741. The van der Waals surface area contributed by atoms with Crippen molar-refractivity contribution in [1.82, 2.24) is 0 Å². The van der Waals surface area contributed by atoms with E-state index in [1.54, 1.807) is 67.6 Å². The molecular formula is C35H38O7. The summed E-state index contributed by atoms with van der Waals surface area (Å²) in [5.41, 5.74) is 1.27. The summed E-state index contributed by atoms with van der Waals surface area (Å²) in [5.74, 6) is -1.42. The number of aliphatic hydroxyl groups excluding tert-OH is 1. The first kappa shape index (κ1) is 30.6. The standard InChI is InChI=1S/C35H38O7/c1-23(2)13-11-14-24(3)15-12-20-35(4)30(37)22-27-29(36)21-28(33(38)40-25-16-7-5-8-17-25)31(32(27)42-35)34(39)41-26-18-9-6-10-19-26/h5-10,13,15-19,21,30,36-37H,11-12,14,20,22H2,1-4H3. The van der Waals surface area contributed by atoms with Crippen LogP contribution in [0.4, 0.5) is 0 Å². The lowest BCUT2D eigenvalue weighted by Gasteiger charge is -2.41. The molecule has 0 aliphatic carbocycles. The molecule has 3 aromatic rings. The zero-order chi connectivity index (χ0) is 30.3. The molecular weight excluding hydrogens is 532 g/mol. The summed E-state index contributed by atoms with van der Waals surface area (Å²) < 4.78 is 17.5. The summed E-state index contributed by atoms with van der Waals surface area (Å²) in [6.45, 7) is 8.00. The summed E-state index contributed by atoms with van der Waals surface area (Å²) in [5, 5.41) is 22.1. The van der Waals surface area contributed by atoms with E-state index in [2.05, 4.69) is 32.9 Å². The van der Waals surface area contributed by atoms with Crippen LogP contribution in [0.5, 0.6) is 23.0 Å². The van der Waals surface area contributed by atoms with Gasteiger partial charge in [-0.25, -0.2) is 9.59 Å². The van der Waals surface area contributed by atoms with Crippen molar-refractivity contribution in [2.45, 2.75) is 71.5 Å². The summed E-state index contributed by atoms with van der Waals surface area (Å²) >= 11 is 0. The van der Waals surface area contributed by atoms with Gasteiger partial charge in [0.2, 0.25) is 0 Å². The molecule has 0 radical (unpaired) electrons. The Balaban J connectivity index is 1.68. The Hall–Kier alpha value is -4.36. The Morgan fingerprint density at radius 3 is 2.12 bits per heavy atom. The Bertz CT molecular complexity index is 1470. The maximum atomic E-state index is 13.7. The largest absolute Gasteiger partial charge is 0.508 e. The van der Waals surface area contributed by atoms with Crippen molar-refractivity contribution in [3.63, 3.8) is 0 Å². The van der Waals surface area contributed by atoms with Crippen molar-refractivity contribution in [3.8, 4) is 23.0 Å². The van der Waals surface area contributed by atoms with E-state index in [1.807, 2.05) is 0 Å². The number of phenols is 1. The second kappa shape index (κ2) is 13.5. The Morgan fingerprint density at radius 1 is 0.929 bits per heavy atom. The summed E-state index contributed by atoms with van der Waals surface area (Å²) in [4.78, 5) is 27.0. The number of fused-ring (bicyclic) bond motifs is 1. The molecule has 1 heterocycles. The van der Waals surface area contributed by atoms with Gasteiger partial charge in [0.25, 0.3) is 0 Å². The number of aromatic hydroxyl groups is 1. The van der Waals surface area contributed by atoms with E-state index in [9.17, 15) is 19.8 Å². The van der Waals surface area contributed by atoms with Gasteiger partial charge < -0.3 is 24.4 Å². The number of rotatable bonds is 10. The molecule has 0 bridgehead atoms. The number of para-hydroxylation sites is 2. The highest BCUT2D eigenvalue weighted by molar-refractivity contribution is 6.07. The summed E-state index contributed by atoms with van der Waals surface area (Å²) in [6.07, 6.45) is 6.37. The zero-order valence-electron chi connectivity index (χ0n) is 24.6. The second-order valence-corrected chi connectivity index (χ2v) is 11.1. The quantitative estimate of drug-likeness (QED) is 0.149. The average molecular weight is 571 g/mol. The van der Waals surface area contributed by atoms with Crippen molar-refractivity contribution in [2.24, 2.45) is 0 Å². The smallest absolute Gasteiger partial charge is 0.348 e. The molecule has 4 rings (SSSR count). The van der Waals surface area contributed by atoms with Gasteiger partial charge in [0.15, 0.2) is 0 Å². The van der Waals surface area contributed by atoms with E-state index in [-0.39, 0.29) is 46.1 Å². The molecule has 2 atom stereocenters. The summed E-state index contributed by atoms with van der Waals surface area (Å²) in [7, 11) is 0. The molecule has 220 valence electrons. The van der Waals surface area contributed by atoms with E-state index in [0.29, 0.717) is 12.8 Å². The third-order valence-electron chi connectivity index (χ3n) is 7.35. The fourth-order valence-corrected chi connectivity index (χ4v) is 4.88. The number of aliphatic hydroxyl groups is 1. The van der Waals surface area contributed by atoms with Crippen LogP contribution >= 0.6 is 0 Å². The van der Waals surface area contributed by atoms with Crippen LogP contribution in [-0.2, 0) is 6.42 Å². The molecule has 0 aromatic heterocycles. The number of phenolic OH excluding ortho intramolecular Hbond substituents is 1. The fraction of sp³-hybridized carbons (Fsp3) is 0.314. The molecule has 3 aromatic carbocycles. The van der Waals surface area contributed by atoms with Crippen LogP contribution < -0.4 is 14.2 Å². The highest BCUT2D eigenvalue weighted by Gasteiger charge is 2.44. The van der Waals surface area contributed by atoms with Gasteiger partial charge >= 0.3 is 11.9 Å². The molecule has 42 heavy (non-hydrogen) atoms. The first-order valence-corrected chi connectivity index (χ1v) is 14.2. The summed E-state index contributed by atoms with van der Waals surface area (Å²) in [6, 6.07) is 18.1. The van der Waals surface area contributed by atoms with Gasteiger partial charge in [-0.05, 0) is 83.7 Å². The maximum absolute atomic E-state index is 13.7. The Labute approximate surface area is 247 Å². The Morgan fingerprint density at radius 2 is 1.52 bits per heavy atom. The number of allylic oxidation sites excluding steroid dienone is 4. The van der Waals surface area contributed by atoms with Gasteiger partial charge in [-0.2, -0.15) is 0 Å². The van der Waals surface area contributed by atoms with Crippen LogP contribution in [0.3, 0.4) is 0 Å². The van der Waals surface area contributed by atoms with E-state index >= 15 is 0 Å². The zero-order valence-corrected chi connectivity index (χ0v) is 24.6. The van der Waals surface area contributed by atoms with Gasteiger partial charge in [-0.1, -0.05) is 59.7 Å². The number of carbonyl (C=O) groups is 2. The van der Waals surface area contributed by atoms with Crippen molar-refractivity contribution in [1.29, 1.82) is 0 Å². The first-order chi connectivity index (χ1) is 20.1. The molecule has 1 aliphatic rings. The number of hydrogen-bond donors (Lipinski definition) is 2. The molecule has 0 saturated carbocycles. The van der Waals surface area contributed by atoms with Crippen LogP contribution in [0.1, 0.15) is 79.7 Å². The van der Waals surface area contributed by atoms with E-state index in [0.717, 1.165) is 12.8 Å². The minimum Gasteiger partial charge on any atom is -0.508 e. The second-order valence-electron chi connectivity index (χ2n) is 11.1. The molecule has 0 amide bonds. The molecule has 1 aliphatic heterocycles. The van der Waals surface area contributed by atoms with E-state index < -0.39 is 23.6 Å². The minimum atomic E-state index is -1.10. The number of carbonyl (C=O) groups excluding carboxylic acids is 2. The molecule has 2 unspecified atom stereocenters. The third kappa shape index (κ3) is 7.47. The van der Waals surface area contributed by atoms with Crippen LogP contribution in [0, 0.1) is 0 Å². The monoisotopic (exact) mass is 570 g/mol. The fourth-order valence-electron chi connectivity index (χ4n) is 4.88. The van der Waals surface area contributed by atoms with Crippen molar-refractivity contribution in [2.75, 3.05) is 0 Å². The topological polar surface area (TPSA) is 102 Å². The normalized spacial score (nSPS) is 17.9. The van der Waals surface area contributed by atoms with Crippen LogP contribution in [0.25, 0.3) is 0 Å². The van der Waals surface area contributed by atoms with Crippen molar-refractivity contribution >= 4 is 11.9 Å². The highest BCUT2D eigenvalue weighted by atomic mass is 16.5. The van der Waals surface area contributed by atoms with Gasteiger partial charge in [0.05, 0.1) is 11.7 Å². The lowest BCUT2D eigenvalue weighted by Crippen LogP contribution is -2.49. The number of hydrogen-bond acceptors (Lipinski definition) is 7. The van der Waals surface area contributed by atoms with E-state index in [1.165, 1.54) is 17.2 Å². The lowest BCUT2D eigenvalue weighted by atomic mass is 9.83. The van der Waals surface area contributed by atoms with Gasteiger partial charge in [-0.3, -0.25) is 0 Å². The first-order valence-electron chi connectivity index (χ1n) is 14.2. The van der Waals surface area contributed by atoms with Crippen LogP contribution in [0.15, 0.2) is 90.0 Å². The van der Waals surface area contributed by atoms with Gasteiger partial charge in [0.1, 0.15) is 34.2 Å². The number of esters is 2. The average Bonchev–Trinajstić information content (AvgIpc) is 2.95. The molecule has 0 fully saturated rings. The number of ether oxygens (including phenoxy) is 3. The predicted molar refractivity (Wildman–Crippen MR) is 161 cm³/mol. The molecule has 2 N–H and O–H groups in total. The number of benzene rings is 3. The van der Waals surface area contributed by atoms with Gasteiger partial charge in [-0.15, -0.1) is 0 Å². The van der Waals surface area contributed by atoms with Crippen LogP contribution in [0.2, 0.25) is 0 Å². The predicted octanol–water partition coefficient (Wildman–Crippen LogP) is 7.36. The lowest BCUT2D eigenvalue weighted by molar-refractivity contribution is -0.0598. The molecule has 7 heteroatoms.